The molecule has 0 unspecified atom stereocenters. The molecule has 1 aliphatic heterocycles. The topological polar surface area (TPSA) is 161 Å². The average molecular weight is 480 g/mol. The van der Waals surface area contributed by atoms with Gasteiger partial charge in [-0.1, -0.05) is 0 Å². The summed E-state index contributed by atoms with van der Waals surface area (Å²) >= 11 is 0. The van der Waals surface area contributed by atoms with Crippen LogP contribution in [-0.4, -0.2) is 48.4 Å². The van der Waals surface area contributed by atoms with Crippen LogP contribution in [0, 0.1) is 20.2 Å². The van der Waals surface area contributed by atoms with E-state index in [1.54, 1.807) is 0 Å². The normalized spacial score (nSPS) is 16.6. The highest BCUT2D eigenvalue weighted by Crippen LogP contribution is 2.23. The number of hydrogen-bond donors (Lipinski definition) is 0. The number of benzene rings is 2. The minimum Gasteiger partial charge on any atom is -0.270 e. The van der Waals surface area contributed by atoms with Gasteiger partial charge in [-0.15, -0.1) is 0 Å². The minimum atomic E-state index is -4.02. The SMILES string of the molecule is O=[N+]([O-])c1ccc(S(=O)(=O)N2/C=C\CN(S(=O)(=O)c3ccc([N+](=O)[O-])cc3)/C=C\C2)cc1. The lowest BCUT2D eigenvalue weighted by atomic mass is 10.3. The molecule has 32 heavy (non-hydrogen) atoms. The molecule has 12 nitrogen and oxygen atoms in total. The van der Waals surface area contributed by atoms with E-state index in [9.17, 15) is 37.1 Å². The molecule has 1 heterocycles. The third kappa shape index (κ3) is 4.60. The number of nitro groups is 2. The predicted octanol–water partition coefficient (Wildman–Crippen LogP) is 2.23. The van der Waals surface area contributed by atoms with Gasteiger partial charge in [-0.2, -0.15) is 0 Å². The second-order valence-electron chi connectivity index (χ2n) is 6.42. The molecule has 3 rings (SSSR count). The second-order valence-corrected chi connectivity index (χ2v) is 10.2. The van der Waals surface area contributed by atoms with Crippen molar-refractivity contribution in [2.75, 3.05) is 13.1 Å². The van der Waals surface area contributed by atoms with Crippen LogP contribution in [0.15, 0.2) is 82.9 Å². The van der Waals surface area contributed by atoms with Gasteiger partial charge in [-0.05, 0) is 36.4 Å². The number of rotatable bonds is 6. The van der Waals surface area contributed by atoms with Crippen LogP contribution in [0.3, 0.4) is 0 Å². The Labute approximate surface area is 183 Å². The van der Waals surface area contributed by atoms with Gasteiger partial charge < -0.3 is 0 Å². The van der Waals surface area contributed by atoms with E-state index < -0.39 is 29.9 Å². The zero-order valence-corrected chi connectivity index (χ0v) is 17.8. The van der Waals surface area contributed by atoms with Gasteiger partial charge in [0.2, 0.25) is 0 Å². The Bertz CT molecular complexity index is 1200. The second kappa shape index (κ2) is 8.76. The molecule has 0 aliphatic carbocycles. The molecule has 14 heteroatoms. The highest BCUT2D eigenvalue weighted by molar-refractivity contribution is 7.89. The van der Waals surface area contributed by atoms with Crippen molar-refractivity contribution in [1.29, 1.82) is 0 Å². The van der Waals surface area contributed by atoms with E-state index in [4.69, 9.17) is 0 Å². The third-order valence-electron chi connectivity index (χ3n) is 4.42. The van der Waals surface area contributed by atoms with E-state index in [0.29, 0.717) is 0 Å². The number of nitro benzene ring substituents is 2. The Balaban J connectivity index is 1.79. The van der Waals surface area contributed by atoms with Gasteiger partial charge in [0.1, 0.15) is 0 Å². The summed E-state index contributed by atoms with van der Waals surface area (Å²) in [4.78, 5) is 19.9. The summed E-state index contributed by atoms with van der Waals surface area (Å²) in [5.41, 5.74) is -0.502. The quantitative estimate of drug-likeness (QED) is 0.449. The summed E-state index contributed by atoms with van der Waals surface area (Å²) in [6, 6.07) is 8.79. The van der Waals surface area contributed by atoms with Crippen LogP contribution < -0.4 is 0 Å². The van der Waals surface area contributed by atoms with Gasteiger partial charge in [0.05, 0.1) is 32.7 Å². The van der Waals surface area contributed by atoms with Crippen LogP contribution in [0.4, 0.5) is 11.4 Å². The van der Waals surface area contributed by atoms with Crippen molar-refractivity contribution < 1.29 is 26.7 Å². The Hall–Kier alpha value is -3.78. The van der Waals surface area contributed by atoms with Gasteiger partial charge in [0.25, 0.3) is 31.4 Å². The molecule has 0 saturated carbocycles. The van der Waals surface area contributed by atoms with E-state index >= 15 is 0 Å². The van der Waals surface area contributed by atoms with E-state index in [1.807, 2.05) is 0 Å². The maximum absolute atomic E-state index is 12.8. The number of hydrogen-bond acceptors (Lipinski definition) is 8. The van der Waals surface area contributed by atoms with Gasteiger partial charge in [0, 0.05) is 36.7 Å². The first-order valence-corrected chi connectivity index (χ1v) is 11.8. The summed E-state index contributed by atoms with van der Waals surface area (Å²) in [5, 5.41) is 21.5. The number of non-ortho nitro benzene ring substituents is 2. The van der Waals surface area contributed by atoms with Crippen LogP contribution in [0.1, 0.15) is 0 Å². The smallest absolute Gasteiger partial charge is 0.269 e. The molecule has 0 amide bonds. The Morgan fingerprint density at radius 1 is 0.625 bits per heavy atom. The van der Waals surface area contributed by atoms with Crippen molar-refractivity contribution in [3.05, 3.63) is 93.3 Å². The maximum Gasteiger partial charge on any atom is 0.269 e. The first-order chi connectivity index (χ1) is 15.0. The molecule has 0 atom stereocenters. The molecule has 2 aromatic rings. The molecule has 0 spiro atoms. The Kier molecular flexibility index (Phi) is 6.27. The summed E-state index contributed by atoms with van der Waals surface area (Å²) in [6.07, 6.45) is 5.07. The molecule has 0 aromatic heterocycles. The van der Waals surface area contributed by atoms with E-state index in [-0.39, 0.29) is 34.3 Å². The van der Waals surface area contributed by atoms with E-state index in [0.717, 1.165) is 57.1 Å². The minimum absolute atomic E-state index is 0.155. The number of nitrogens with zero attached hydrogens (tertiary/aromatic N) is 4. The average Bonchev–Trinajstić information content (AvgIpc) is 2.73. The van der Waals surface area contributed by atoms with Crippen LogP contribution in [0.25, 0.3) is 0 Å². The highest BCUT2D eigenvalue weighted by Gasteiger charge is 2.25. The highest BCUT2D eigenvalue weighted by atomic mass is 32.2. The van der Waals surface area contributed by atoms with Crippen molar-refractivity contribution in [3.8, 4) is 0 Å². The van der Waals surface area contributed by atoms with Crippen LogP contribution in [0.2, 0.25) is 0 Å². The van der Waals surface area contributed by atoms with Gasteiger partial charge in [0.15, 0.2) is 0 Å². The first kappa shape index (κ1) is 22.9. The first-order valence-electron chi connectivity index (χ1n) is 8.89. The molecule has 168 valence electrons. The third-order valence-corrected chi connectivity index (χ3v) is 7.93. The van der Waals surface area contributed by atoms with Crippen molar-refractivity contribution in [3.63, 3.8) is 0 Å². The zero-order valence-electron chi connectivity index (χ0n) is 16.2. The van der Waals surface area contributed by atoms with Crippen molar-refractivity contribution in [2.45, 2.75) is 9.79 Å². The maximum atomic E-state index is 12.8. The monoisotopic (exact) mass is 480 g/mol. The van der Waals surface area contributed by atoms with Crippen molar-refractivity contribution >= 4 is 31.4 Å². The van der Waals surface area contributed by atoms with Crippen LogP contribution in [-0.2, 0) is 20.0 Å². The molecule has 1 aliphatic rings. The van der Waals surface area contributed by atoms with Gasteiger partial charge >= 0.3 is 0 Å². The largest absolute Gasteiger partial charge is 0.270 e. The molecule has 0 bridgehead atoms. The lowest BCUT2D eigenvalue weighted by Gasteiger charge is -2.24. The molecular weight excluding hydrogens is 464 g/mol. The standard InChI is InChI=1S/C18H16N4O8S2/c23-21(24)15-3-7-17(8-4-15)31(27,28)19-11-1-12-20(14-2-13-19)32(29,30)18-9-5-16(6-10-18)22(25)26/h1-11,14H,12-13H2/b11-1-,14-2-. The summed E-state index contributed by atoms with van der Waals surface area (Å²) in [6.45, 7) is -0.385. The number of sulfonamides is 2. The van der Waals surface area contributed by atoms with Gasteiger partial charge in [-0.3, -0.25) is 28.8 Å². The molecule has 2 aromatic carbocycles. The molecule has 0 radical (unpaired) electrons. The van der Waals surface area contributed by atoms with Crippen molar-refractivity contribution in [1.82, 2.24) is 8.61 Å². The van der Waals surface area contributed by atoms with Crippen molar-refractivity contribution in [2.24, 2.45) is 0 Å². The summed E-state index contributed by atoms with van der Waals surface area (Å²) in [7, 11) is -8.04. The van der Waals surface area contributed by atoms with Gasteiger partial charge in [-0.25, -0.2) is 16.8 Å². The predicted molar refractivity (Wildman–Crippen MR) is 112 cm³/mol. The summed E-state index contributed by atoms with van der Waals surface area (Å²) in [5.74, 6) is 0. The van der Waals surface area contributed by atoms with Crippen LogP contribution >= 0.6 is 0 Å². The lowest BCUT2D eigenvalue weighted by Crippen LogP contribution is -2.31. The Morgan fingerprint density at radius 2 is 0.938 bits per heavy atom. The fourth-order valence-electron chi connectivity index (χ4n) is 2.77. The molecule has 0 N–H and O–H groups in total. The lowest BCUT2D eigenvalue weighted by molar-refractivity contribution is -0.385. The molecule has 0 fully saturated rings. The molecular formula is C18H16N4O8S2. The van der Waals surface area contributed by atoms with E-state index in [1.165, 1.54) is 24.6 Å². The van der Waals surface area contributed by atoms with Crippen LogP contribution in [0.5, 0.6) is 0 Å². The fraction of sp³-hybridized carbons (Fsp3) is 0.111. The molecule has 0 saturated heterocycles. The Morgan fingerprint density at radius 3 is 1.22 bits per heavy atom. The fourth-order valence-corrected chi connectivity index (χ4v) is 5.32. The summed E-state index contributed by atoms with van der Waals surface area (Å²) < 4.78 is 53.2. The zero-order chi connectivity index (χ0) is 23.5. The van der Waals surface area contributed by atoms with E-state index in [2.05, 4.69) is 0 Å².